The number of hydrogen-bond donors (Lipinski definition) is 3. The van der Waals surface area contributed by atoms with Crippen molar-refractivity contribution in [2.24, 2.45) is 5.73 Å². The zero-order chi connectivity index (χ0) is 17.9. The van der Waals surface area contributed by atoms with E-state index in [-0.39, 0.29) is 0 Å². The predicted molar refractivity (Wildman–Crippen MR) is 96.2 cm³/mol. The molecule has 1 amide bonds. The smallest absolute Gasteiger partial charge is 0.248 e. The second-order valence-electron chi connectivity index (χ2n) is 6.95. The third-order valence-electron chi connectivity index (χ3n) is 5.03. The molecule has 1 aliphatic heterocycles. The van der Waals surface area contributed by atoms with Crippen LogP contribution in [0.15, 0.2) is 29.3 Å². The van der Waals surface area contributed by atoms with Crippen LogP contribution in [0, 0.1) is 0 Å². The molecule has 1 aromatic rings. The maximum atomic E-state index is 11.4. The van der Waals surface area contributed by atoms with E-state index in [0.717, 1.165) is 24.1 Å². The minimum absolute atomic E-state index is 0.418. The number of fused-ring (bicyclic) bond motifs is 1. The van der Waals surface area contributed by atoms with Crippen LogP contribution in [0.1, 0.15) is 49.5 Å². The first-order valence-corrected chi connectivity index (χ1v) is 8.30. The van der Waals surface area contributed by atoms with Crippen molar-refractivity contribution in [3.05, 3.63) is 40.5 Å². The molecule has 1 aromatic carbocycles. The van der Waals surface area contributed by atoms with Crippen LogP contribution < -0.4 is 11.1 Å². The average molecular weight is 332 g/mol. The monoisotopic (exact) mass is 332 g/mol. The Labute approximate surface area is 143 Å². The highest BCUT2D eigenvalue weighted by molar-refractivity contribution is 5.93. The Balaban J connectivity index is 2.30. The molecule has 0 saturated carbocycles. The van der Waals surface area contributed by atoms with Crippen molar-refractivity contribution in [2.45, 2.75) is 51.7 Å². The minimum atomic E-state index is -0.599. The van der Waals surface area contributed by atoms with E-state index >= 15 is 0 Å². The fraction of sp³-hybridized carbons (Fsp3) is 0.526. The molecule has 2 atom stereocenters. The fourth-order valence-electron chi connectivity index (χ4n) is 3.14. The van der Waals surface area contributed by atoms with Gasteiger partial charge in [0.1, 0.15) is 0 Å². The van der Waals surface area contributed by atoms with Crippen LogP contribution >= 0.6 is 0 Å². The SMILES string of the molecule is COC[C@@]1(CCC(C)=C(C)C)Nc2ccc(C(N)=O)cc2C[C@H]1O. The molecule has 0 aliphatic carbocycles. The summed E-state index contributed by atoms with van der Waals surface area (Å²) in [5.41, 5.74) is 9.74. The van der Waals surface area contributed by atoms with Crippen LogP contribution in [0.3, 0.4) is 0 Å². The van der Waals surface area contributed by atoms with Gasteiger partial charge in [0.2, 0.25) is 5.91 Å². The quantitative estimate of drug-likeness (QED) is 0.699. The molecule has 0 aromatic heterocycles. The Bertz CT molecular complexity index is 650. The standard InChI is InChI=1S/C19H28N2O3/c1-12(2)13(3)7-8-19(11-24-4)17(22)10-15-9-14(18(20)23)5-6-16(15)21-19/h5-6,9,17,21-22H,7-8,10-11H2,1-4H3,(H2,20,23)/t17-,19-/m1/s1. The van der Waals surface area contributed by atoms with E-state index in [1.165, 1.54) is 11.1 Å². The molecule has 4 N–H and O–H groups in total. The Morgan fingerprint density at radius 3 is 2.71 bits per heavy atom. The van der Waals surface area contributed by atoms with Gasteiger partial charge in [-0.1, -0.05) is 11.1 Å². The van der Waals surface area contributed by atoms with Gasteiger partial charge < -0.3 is 20.9 Å². The molecule has 0 unspecified atom stereocenters. The number of hydrogen-bond acceptors (Lipinski definition) is 4. The molecule has 1 heterocycles. The van der Waals surface area contributed by atoms with Crippen LogP contribution in [0.5, 0.6) is 0 Å². The summed E-state index contributed by atoms with van der Waals surface area (Å²) in [7, 11) is 1.65. The summed E-state index contributed by atoms with van der Waals surface area (Å²) in [5.74, 6) is -0.458. The van der Waals surface area contributed by atoms with E-state index in [9.17, 15) is 9.90 Å². The number of aliphatic hydroxyl groups is 1. The highest BCUT2D eigenvalue weighted by atomic mass is 16.5. The largest absolute Gasteiger partial charge is 0.390 e. The fourth-order valence-corrected chi connectivity index (χ4v) is 3.14. The number of anilines is 1. The van der Waals surface area contributed by atoms with E-state index in [2.05, 4.69) is 26.1 Å². The van der Waals surface area contributed by atoms with Crippen molar-refractivity contribution < 1.29 is 14.6 Å². The molecule has 1 aliphatic rings. The molecular formula is C19H28N2O3. The van der Waals surface area contributed by atoms with Crippen molar-refractivity contribution in [2.75, 3.05) is 19.0 Å². The first kappa shape index (κ1) is 18.5. The van der Waals surface area contributed by atoms with Crippen molar-refractivity contribution in [3.63, 3.8) is 0 Å². The number of rotatable bonds is 6. The van der Waals surface area contributed by atoms with Crippen LogP contribution in [-0.4, -0.2) is 36.4 Å². The maximum Gasteiger partial charge on any atom is 0.248 e. The van der Waals surface area contributed by atoms with E-state index in [1.807, 2.05) is 6.07 Å². The highest BCUT2D eigenvalue weighted by Gasteiger charge is 2.41. The number of aliphatic hydroxyl groups excluding tert-OH is 1. The van der Waals surface area contributed by atoms with Crippen LogP contribution in [0.2, 0.25) is 0 Å². The number of nitrogens with two attached hydrogens (primary N) is 1. The third-order valence-corrected chi connectivity index (χ3v) is 5.03. The Hall–Kier alpha value is -1.85. The lowest BCUT2D eigenvalue weighted by Gasteiger charge is -2.43. The van der Waals surface area contributed by atoms with Crippen LogP contribution in [0.4, 0.5) is 5.69 Å². The van der Waals surface area contributed by atoms with Gasteiger partial charge in [0.25, 0.3) is 0 Å². The van der Waals surface area contributed by atoms with Gasteiger partial charge in [-0.3, -0.25) is 4.79 Å². The van der Waals surface area contributed by atoms with Gasteiger partial charge in [-0.2, -0.15) is 0 Å². The highest BCUT2D eigenvalue weighted by Crippen LogP contribution is 2.35. The average Bonchev–Trinajstić information content (AvgIpc) is 2.53. The van der Waals surface area contributed by atoms with Gasteiger partial charge >= 0.3 is 0 Å². The molecule has 2 rings (SSSR count). The molecule has 0 fully saturated rings. The van der Waals surface area contributed by atoms with Crippen LogP contribution in [-0.2, 0) is 11.2 Å². The van der Waals surface area contributed by atoms with Crippen molar-refractivity contribution in [1.29, 1.82) is 0 Å². The van der Waals surface area contributed by atoms with Gasteiger partial charge in [-0.05, 0) is 57.4 Å². The maximum absolute atomic E-state index is 11.4. The predicted octanol–water partition coefficient (Wildman–Crippen LogP) is 2.64. The second-order valence-corrected chi connectivity index (χ2v) is 6.95. The number of allylic oxidation sites excluding steroid dienone is 2. The number of nitrogens with one attached hydrogen (secondary N) is 1. The normalized spacial score (nSPS) is 22.5. The summed E-state index contributed by atoms with van der Waals surface area (Å²) in [6.07, 6.45) is 1.54. The van der Waals surface area contributed by atoms with Gasteiger partial charge in [-0.15, -0.1) is 0 Å². The number of carbonyl (C=O) groups excluding carboxylic acids is 1. The lowest BCUT2D eigenvalue weighted by molar-refractivity contribution is 0.0293. The zero-order valence-corrected chi connectivity index (χ0v) is 15.0. The molecule has 0 bridgehead atoms. The number of benzene rings is 1. The Kier molecular flexibility index (Phi) is 5.67. The number of primary amides is 1. The summed E-state index contributed by atoms with van der Waals surface area (Å²) in [5, 5.41) is 14.3. The molecule has 0 spiro atoms. The molecule has 0 radical (unpaired) electrons. The van der Waals surface area contributed by atoms with Crippen LogP contribution in [0.25, 0.3) is 0 Å². The number of ether oxygens (including phenoxy) is 1. The Morgan fingerprint density at radius 1 is 1.42 bits per heavy atom. The van der Waals surface area contributed by atoms with Gasteiger partial charge in [-0.25, -0.2) is 0 Å². The third kappa shape index (κ3) is 3.79. The summed E-state index contributed by atoms with van der Waals surface area (Å²) < 4.78 is 5.41. The summed E-state index contributed by atoms with van der Waals surface area (Å²) in [6.45, 7) is 6.74. The molecule has 132 valence electrons. The first-order valence-electron chi connectivity index (χ1n) is 8.30. The topological polar surface area (TPSA) is 84.6 Å². The molecular weight excluding hydrogens is 304 g/mol. The number of carbonyl (C=O) groups is 1. The summed E-state index contributed by atoms with van der Waals surface area (Å²) in [6, 6.07) is 5.33. The summed E-state index contributed by atoms with van der Waals surface area (Å²) in [4.78, 5) is 11.4. The summed E-state index contributed by atoms with van der Waals surface area (Å²) >= 11 is 0. The van der Waals surface area contributed by atoms with Crippen molar-refractivity contribution in [1.82, 2.24) is 0 Å². The van der Waals surface area contributed by atoms with Crippen molar-refractivity contribution >= 4 is 11.6 Å². The van der Waals surface area contributed by atoms with Gasteiger partial charge in [0, 0.05) is 24.8 Å². The first-order chi connectivity index (χ1) is 11.3. The zero-order valence-electron chi connectivity index (χ0n) is 15.0. The van der Waals surface area contributed by atoms with Crippen molar-refractivity contribution in [3.8, 4) is 0 Å². The van der Waals surface area contributed by atoms with E-state index < -0.39 is 17.6 Å². The lowest BCUT2D eigenvalue weighted by atomic mass is 9.79. The number of amides is 1. The van der Waals surface area contributed by atoms with Gasteiger partial charge in [0.05, 0.1) is 18.2 Å². The molecule has 24 heavy (non-hydrogen) atoms. The molecule has 5 heteroatoms. The molecule has 5 nitrogen and oxygen atoms in total. The van der Waals surface area contributed by atoms with E-state index in [4.69, 9.17) is 10.5 Å². The minimum Gasteiger partial charge on any atom is -0.390 e. The molecule has 0 saturated heterocycles. The van der Waals surface area contributed by atoms with E-state index in [1.54, 1.807) is 19.2 Å². The number of methoxy groups -OCH3 is 1. The lowest BCUT2D eigenvalue weighted by Crippen LogP contribution is -2.56. The van der Waals surface area contributed by atoms with Gasteiger partial charge in [0.15, 0.2) is 0 Å². The Morgan fingerprint density at radius 2 is 2.12 bits per heavy atom. The van der Waals surface area contributed by atoms with E-state index in [0.29, 0.717) is 18.6 Å². The second kappa shape index (κ2) is 7.36.